The van der Waals surface area contributed by atoms with Crippen molar-refractivity contribution in [2.24, 2.45) is 35.3 Å². The monoisotopic (exact) mass is 1340 g/mol. The van der Waals surface area contributed by atoms with Crippen LogP contribution in [0.1, 0.15) is 142 Å². The summed E-state index contributed by atoms with van der Waals surface area (Å²) >= 11 is 0. The van der Waals surface area contributed by atoms with E-state index in [1.54, 1.807) is 109 Å². The van der Waals surface area contributed by atoms with E-state index in [2.05, 4.69) is 31.9 Å². The maximum Gasteiger partial charge on any atom is 0.410 e. The number of rotatable bonds is 34. The number of hydrogen-bond acceptors (Lipinski definition) is 14. The van der Waals surface area contributed by atoms with E-state index in [4.69, 9.17) is 24.7 Å². The fourth-order valence-corrected chi connectivity index (χ4v) is 13.2. The number of carbonyl (C=O) groups excluding carboxylic acids is 9. The van der Waals surface area contributed by atoms with Crippen molar-refractivity contribution in [1.29, 1.82) is 0 Å². The van der Waals surface area contributed by atoms with Crippen LogP contribution in [0.25, 0.3) is 11.1 Å². The molecule has 10 amide bonds. The first-order valence-corrected chi connectivity index (χ1v) is 33.8. The summed E-state index contributed by atoms with van der Waals surface area (Å²) in [6.45, 7) is 18.5. The number of nitrogens with two attached hydrogens (primary N) is 1. The fraction of sp³-hybridized carbons (Fsp3) is 0.548. The van der Waals surface area contributed by atoms with Crippen LogP contribution in [0.15, 0.2) is 103 Å². The van der Waals surface area contributed by atoms with Crippen LogP contribution >= 0.6 is 0 Å². The number of anilines is 1. The maximum atomic E-state index is 14.8. The number of ether oxygens (including phenoxy) is 4. The van der Waals surface area contributed by atoms with Gasteiger partial charge in [-0.15, -0.1) is 0 Å². The van der Waals surface area contributed by atoms with E-state index in [1.807, 2.05) is 80.6 Å². The molecule has 1 fully saturated rings. The topological polar surface area (TPSA) is 319 Å². The molecule has 24 nitrogen and oxygen atoms in total. The van der Waals surface area contributed by atoms with E-state index in [9.17, 15) is 48.3 Å². The Morgan fingerprint density at radius 1 is 0.670 bits per heavy atom. The van der Waals surface area contributed by atoms with Crippen LogP contribution < -0.4 is 37.6 Å². The first kappa shape index (κ1) is 77.4. The van der Waals surface area contributed by atoms with Crippen molar-refractivity contribution in [2.45, 2.75) is 181 Å². The summed E-state index contributed by atoms with van der Waals surface area (Å²) in [7, 11) is 6.10. The van der Waals surface area contributed by atoms with Gasteiger partial charge in [0.05, 0.1) is 48.8 Å². The van der Waals surface area contributed by atoms with E-state index in [1.165, 1.54) is 26.2 Å². The lowest BCUT2D eigenvalue weighted by molar-refractivity contribution is -0.148. The number of urea groups is 1. The zero-order valence-electron chi connectivity index (χ0n) is 58.8. The minimum atomic E-state index is -1.13. The number of primary amides is 1. The van der Waals surface area contributed by atoms with E-state index in [0.29, 0.717) is 42.6 Å². The van der Waals surface area contributed by atoms with Gasteiger partial charge in [0.2, 0.25) is 35.4 Å². The third kappa shape index (κ3) is 20.5. The van der Waals surface area contributed by atoms with Crippen LogP contribution in [-0.4, -0.2) is 176 Å². The highest BCUT2D eigenvalue weighted by molar-refractivity contribution is 5.98. The molecule has 530 valence electrons. The number of hydrogen-bond donors (Lipinski definition) is 8. The van der Waals surface area contributed by atoms with Crippen LogP contribution in [0.5, 0.6) is 0 Å². The van der Waals surface area contributed by atoms with Crippen molar-refractivity contribution < 1.29 is 67.2 Å². The molecular weight excluding hydrogens is 1240 g/mol. The quantitative estimate of drug-likeness (QED) is 0.0206. The Hall–Kier alpha value is -8.61. The van der Waals surface area contributed by atoms with Crippen LogP contribution in [0, 0.1) is 29.6 Å². The number of carbonyl (C=O) groups is 9. The third-order valence-electron chi connectivity index (χ3n) is 18.8. The van der Waals surface area contributed by atoms with Crippen LogP contribution in [0.4, 0.5) is 20.1 Å². The zero-order valence-corrected chi connectivity index (χ0v) is 58.8. The average Bonchev–Trinajstić information content (AvgIpc) is 1.62. The second-order valence-electron chi connectivity index (χ2n) is 26.7. The van der Waals surface area contributed by atoms with Crippen LogP contribution in [-0.2, 0) is 54.3 Å². The molecule has 0 radical (unpaired) electrons. The molecule has 6 rings (SSSR count). The van der Waals surface area contributed by atoms with Crippen LogP contribution in [0.2, 0.25) is 0 Å². The van der Waals surface area contributed by atoms with Gasteiger partial charge in [0.1, 0.15) is 37.4 Å². The third-order valence-corrected chi connectivity index (χ3v) is 18.8. The second-order valence-corrected chi connectivity index (χ2v) is 26.7. The number of alkyl carbamates (subject to hydrolysis) is 1. The largest absolute Gasteiger partial charge is 0.449 e. The molecular formula is C73H104N10O14. The highest BCUT2D eigenvalue weighted by atomic mass is 16.6. The highest BCUT2D eigenvalue weighted by Gasteiger charge is 2.44. The number of nitrogens with one attached hydrogen (secondary N) is 6. The van der Waals surface area contributed by atoms with Crippen molar-refractivity contribution >= 4 is 59.3 Å². The number of fused-ring (bicyclic) bond motifs is 3. The summed E-state index contributed by atoms with van der Waals surface area (Å²) in [5, 5.41) is 27.7. The summed E-state index contributed by atoms with van der Waals surface area (Å²) in [5.41, 5.74) is 11.0. The number of aliphatic hydroxyl groups excluding tert-OH is 1. The number of likely N-dealkylation sites (N-methyl/N-ethyl adjacent to an activating group) is 2. The maximum absolute atomic E-state index is 14.8. The molecule has 1 heterocycles. The lowest BCUT2D eigenvalue weighted by Crippen LogP contribution is -2.60. The summed E-state index contributed by atoms with van der Waals surface area (Å²) in [6, 6.07) is 24.6. The molecule has 0 bridgehead atoms. The number of amides is 10. The Labute approximate surface area is 571 Å². The molecule has 2 aliphatic rings. The molecule has 97 heavy (non-hydrogen) atoms. The van der Waals surface area contributed by atoms with Gasteiger partial charge in [0.25, 0.3) is 0 Å². The van der Waals surface area contributed by atoms with Gasteiger partial charge in [-0.05, 0) is 102 Å². The summed E-state index contributed by atoms with van der Waals surface area (Å²) in [6.07, 6.45) is -1.84. The predicted octanol–water partition coefficient (Wildman–Crippen LogP) is 8.01. The van der Waals surface area contributed by atoms with Crippen molar-refractivity contribution in [3.05, 3.63) is 125 Å². The van der Waals surface area contributed by atoms with Gasteiger partial charge in [-0.1, -0.05) is 160 Å². The lowest BCUT2D eigenvalue weighted by Gasteiger charge is -2.41. The molecule has 1 aliphatic heterocycles. The Morgan fingerprint density at radius 3 is 1.85 bits per heavy atom. The number of methoxy groups -OCH3 is 2. The van der Waals surface area contributed by atoms with E-state index in [-0.39, 0.29) is 62.7 Å². The van der Waals surface area contributed by atoms with Gasteiger partial charge in [0, 0.05) is 53.0 Å². The molecule has 24 heteroatoms. The molecule has 1 aliphatic carbocycles. The molecule has 4 aromatic rings. The first-order valence-electron chi connectivity index (χ1n) is 33.8. The molecule has 0 saturated carbocycles. The average molecular weight is 1350 g/mol. The Morgan fingerprint density at radius 2 is 1.28 bits per heavy atom. The molecule has 12 atom stereocenters. The summed E-state index contributed by atoms with van der Waals surface area (Å²) < 4.78 is 23.5. The molecule has 0 aromatic heterocycles. The van der Waals surface area contributed by atoms with Gasteiger partial charge < -0.3 is 71.5 Å². The molecule has 1 saturated heterocycles. The second kappa shape index (κ2) is 36.7. The standard InChI is InChI=1S/C73H104N10O14/c1-15-45(8)63(58(94-13)39-59(84)83-38-24-32-57(83)65(95-14)46(9)66(86)76-47(10)64(85)49-25-17-16-18-26-49)81(11)70(90)61(43(4)5)79-69(89)62(44(6)7)82(12)73(93)97-40-48-33-35-50(36-34-48)77-67(87)56(31-23-37-75-71(74)91)78-68(88)60(42(2)3)80-72(92)96-41-55-53-29-21-19-27-51(53)52-28-20-22-30-54(52)55/h16-22,25-30,33-36,42-47,55-58,60-65,85H,15,23-24,31-32,37-41H2,1-14H3,(H,76,86)(H,77,87)(H,78,88)(H,79,89)(H,80,92)(H3,74,75,91)/t45-,46+,47+,56-,57-,58+,60-,61-,62-,63-,64+,65+/m1/s1. The SMILES string of the molecule is CC[C@@H](C)[C@H]([C@H](CC(=O)N1CCC[C@@H]1[C@@H](OC)[C@H](C)C(=O)N[C@@H](C)[C@H](O)c1ccccc1)OC)N(C)C(=O)[C@H](NC(=O)[C@@H](C(C)C)N(C)C(=O)OCc1ccc(NC(=O)[C@@H](CCCNC(N)=O)NC(=O)[C@H](NC(=O)OCC2c3ccccc3-c3ccccc32)C(C)C)cc1)C(C)C. The van der Waals surface area contributed by atoms with Gasteiger partial charge >= 0.3 is 18.2 Å². The van der Waals surface area contributed by atoms with Gasteiger partial charge in [-0.2, -0.15) is 0 Å². The van der Waals surface area contributed by atoms with Gasteiger partial charge in [-0.3, -0.25) is 33.7 Å². The predicted molar refractivity (Wildman–Crippen MR) is 369 cm³/mol. The Bertz CT molecular complexity index is 3250. The molecule has 0 spiro atoms. The number of nitrogens with zero attached hydrogens (tertiary/aromatic N) is 3. The minimum Gasteiger partial charge on any atom is -0.449 e. The van der Waals surface area contributed by atoms with Crippen molar-refractivity contribution in [3.63, 3.8) is 0 Å². The Kier molecular flexibility index (Phi) is 29.2. The zero-order chi connectivity index (χ0) is 71.4. The van der Waals surface area contributed by atoms with Gasteiger partial charge in [-0.25, -0.2) is 14.4 Å². The normalized spacial score (nSPS) is 16.9. The van der Waals surface area contributed by atoms with Crippen molar-refractivity contribution in [3.8, 4) is 11.1 Å². The van der Waals surface area contributed by atoms with E-state index in [0.717, 1.165) is 22.3 Å². The van der Waals surface area contributed by atoms with Crippen molar-refractivity contribution in [1.82, 2.24) is 41.3 Å². The Balaban J connectivity index is 1.04. The first-order chi connectivity index (χ1) is 46.1. The summed E-state index contributed by atoms with van der Waals surface area (Å²) in [4.78, 5) is 129. The smallest absolute Gasteiger partial charge is 0.410 e. The number of benzene rings is 4. The molecule has 9 N–H and O–H groups in total. The van der Waals surface area contributed by atoms with E-state index >= 15 is 0 Å². The number of aliphatic hydroxyl groups is 1. The molecule has 4 aromatic carbocycles. The van der Waals surface area contributed by atoms with E-state index < -0.39 is 126 Å². The molecule has 0 unspecified atom stereocenters. The summed E-state index contributed by atoms with van der Waals surface area (Å²) in [5.74, 6) is -5.11. The fourth-order valence-electron chi connectivity index (χ4n) is 13.2. The minimum absolute atomic E-state index is 0.0320. The van der Waals surface area contributed by atoms with Crippen molar-refractivity contribution in [2.75, 3.05) is 53.3 Å². The highest BCUT2D eigenvalue weighted by Crippen LogP contribution is 2.44. The van der Waals surface area contributed by atoms with Gasteiger partial charge in [0.15, 0.2) is 0 Å². The van der Waals surface area contributed by atoms with Crippen LogP contribution in [0.3, 0.4) is 0 Å². The number of likely N-dealkylation sites (tertiary alicyclic amines) is 1. The lowest BCUT2D eigenvalue weighted by atomic mass is 9.89.